The van der Waals surface area contributed by atoms with Crippen molar-refractivity contribution in [2.24, 2.45) is 5.11 Å². The maximum atomic E-state index is 11.2. The van der Waals surface area contributed by atoms with Crippen LogP contribution in [0.25, 0.3) is 10.4 Å². The Hall–Kier alpha value is -1.11. The molecule has 0 saturated carbocycles. The summed E-state index contributed by atoms with van der Waals surface area (Å²) in [5.74, 6) is -1.80. The average Bonchev–Trinajstić information content (AvgIpc) is 2.33. The summed E-state index contributed by atoms with van der Waals surface area (Å²) >= 11 is 0. The number of carbonyl (C=O) groups is 1. The molecule has 0 aliphatic carbocycles. The van der Waals surface area contributed by atoms with Gasteiger partial charge in [-0.3, -0.25) is 4.79 Å². The lowest BCUT2D eigenvalue weighted by Gasteiger charge is -2.24. The van der Waals surface area contributed by atoms with Crippen molar-refractivity contribution in [3.05, 3.63) is 10.4 Å². The van der Waals surface area contributed by atoms with Gasteiger partial charge in [-0.05, 0) is 5.53 Å². The largest absolute Gasteiger partial charge is 0.472 e. The summed E-state index contributed by atoms with van der Waals surface area (Å²) in [6.07, 6.45) is -12.3. The van der Waals surface area contributed by atoms with E-state index in [1.807, 2.05) is 0 Å². The van der Waals surface area contributed by atoms with Crippen molar-refractivity contribution < 1.29 is 49.2 Å². The molecule has 0 fully saturated rings. The number of Topliss-reactive ketones (excluding diaryl/α,β-unsaturated/α-hetero) is 1. The number of azide groups is 1. The highest BCUT2D eigenvalue weighted by molar-refractivity contribution is 7.46. The zero-order chi connectivity index (χ0) is 16.1. The Morgan fingerprint density at radius 2 is 1.65 bits per heavy atom. The number of ketones is 1. The third kappa shape index (κ3) is 5.90. The van der Waals surface area contributed by atoms with Crippen LogP contribution in [0.5, 0.6) is 0 Å². The van der Waals surface area contributed by atoms with E-state index in [-0.39, 0.29) is 0 Å². The van der Waals surface area contributed by atoms with Crippen molar-refractivity contribution in [3.63, 3.8) is 0 Å². The van der Waals surface area contributed by atoms with Gasteiger partial charge in [0.15, 0.2) is 6.23 Å². The zero-order valence-corrected chi connectivity index (χ0v) is 10.4. The number of hydrogen-bond donors (Lipinski definition) is 7. The molecule has 13 nitrogen and oxygen atoms in total. The fourth-order valence-corrected chi connectivity index (χ4v) is 1.34. The topological polar surface area (TPSA) is 234 Å². The van der Waals surface area contributed by atoms with Crippen molar-refractivity contribution >= 4 is 13.6 Å². The number of phosphoric acid groups is 1. The molecule has 5 atom stereocenters. The second-order valence-electron chi connectivity index (χ2n) is 3.40. The number of phosphoric ester groups is 1. The molecule has 0 aliphatic heterocycles. The van der Waals surface area contributed by atoms with Crippen molar-refractivity contribution in [1.82, 2.24) is 0 Å². The molecule has 0 saturated heterocycles. The minimum absolute atomic E-state index is 1.80. The number of nitrogens with zero attached hydrogens (tertiary/aromatic N) is 3. The first-order chi connectivity index (χ1) is 9.01. The van der Waals surface area contributed by atoms with Crippen LogP contribution in [0, 0.1) is 0 Å². The van der Waals surface area contributed by atoms with Gasteiger partial charge in [-0.15, -0.1) is 0 Å². The van der Waals surface area contributed by atoms with Gasteiger partial charge in [-0.1, -0.05) is 5.11 Å². The van der Waals surface area contributed by atoms with Gasteiger partial charge in [0.05, 0.1) is 0 Å². The minimum Gasteiger partial charge on any atom is -0.387 e. The lowest BCUT2D eigenvalue weighted by Crippen LogP contribution is -2.49. The van der Waals surface area contributed by atoms with E-state index in [1.165, 1.54) is 0 Å². The molecule has 2 unspecified atom stereocenters. The van der Waals surface area contributed by atoms with E-state index in [2.05, 4.69) is 14.5 Å². The van der Waals surface area contributed by atoms with Gasteiger partial charge in [0.2, 0.25) is 12.1 Å². The molecule has 0 aromatic heterocycles. The molecule has 0 aromatic rings. The Bertz CT molecular complexity index is 433. The smallest absolute Gasteiger partial charge is 0.387 e. The first-order valence-corrected chi connectivity index (χ1v) is 6.26. The first-order valence-electron chi connectivity index (χ1n) is 4.73. The molecule has 14 heteroatoms. The van der Waals surface area contributed by atoms with Crippen LogP contribution >= 0.6 is 7.82 Å². The fraction of sp³-hybridized carbons (Fsp3) is 0.833. The standard InChI is InChI=1S/C6H12N3O10P/c7-9-8-5(14)3(12)1(10)2(11)4(13)6(15)19-20(16,17)18/h1-3,5-6,10-12,14-15H,(H2,16,17,18)/t1-,2+,3+,5?,6?/m1/s1. The van der Waals surface area contributed by atoms with Crippen LogP contribution in [0.2, 0.25) is 0 Å². The number of carbonyl (C=O) groups excluding carboxylic acids is 1. The molecule has 0 heterocycles. The van der Waals surface area contributed by atoms with E-state index in [9.17, 15) is 24.7 Å². The highest BCUT2D eigenvalue weighted by Crippen LogP contribution is 2.37. The van der Waals surface area contributed by atoms with Crippen LogP contribution in [0.4, 0.5) is 0 Å². The fourth-order valence-electron chi connectivity index (χ4n) is 0.981. The second kappa shape index (κ2) is 7.61. The lowest BCUT2D eigenvalue weighted by molar-refractivity contribution is -0.166. The van der Waals surface area contributed by atoms with E-state index in [4.69, 9.17) is 25.5 Å². The maximum Gasteiger partial charge on any atom is 0.472 e. The number of aliphatic hydroxyl groups excluding tert-OH is 5. The van der Waals surface area contributed by atoms with Gasteiger partial charge in [0, 0.05) is 4.91 Å². The second-order valence-corrected chi connectivity index (χ2v) is 4.59. The van der Waals surface area contributed by atoms with Gasteiger partial charge >= 0.3 is 7.82 Å². The molecule has 0 bridgehead atoms. The van der Waals surface area contributed by atoms with Crippen LogP contribution in [0.15, 0.2) is 5.11 Å². The summed E-state index contributed by atoms with van der Waals surface area (Å²) < 4.78 is 13.9. The Labute approximate surface area is 110 Å². The van der Waals surface area contributed by atoms with Gasteiger partial charge in [-0.25, -0.2) is 9.09 Å². The van der Waals surface area contributed by atoms with E-state index in [0.29, 0.717) is 0 Å². The van der Waals surface area contributed by atoms with E-state index in [0.717, 1.165) is 0 Å². The van der Waals surface area contributed by atoms with E-state index >= 15 is 0 Å². The normalized spacial score (nSPS) is 19.4. The summed E-state index contributed by atoms with van der Waals surface area (Å²) in [6, 6.07) is 0. The van der Waals surface area contributed by atoms with Gasteiger partial charge in [-0.2, -0.15) is 0 Å². The van der Waals surface area contributed by atoms with Gasteiger partial charge in [0.1, 0.15) is 18.3 Å². The van der Waals surface area contributed by atoms with Crippen LogP contribution in [0.1, 0.15) is 0 Å². The molecule has 116 valence electrons. The number of rotatable bonds is 8. The molecule has 0 rings (SSSR count). The Balaban J connectivity index is 4.79. The Kier molecular flexibility index (Phi) is 7.19. The first kappa shape index (κ1) is 18.9. The number of hydrogen-bond acceptors (Lipinski definition) is 9. The summed E-state index contributed by atoms with van der Waals surface area (Å²) in [6.45, 7) is 0. The summed E-state index contributed by atoms with van der Waals surface area (Å²) in [4.78, 5) is 29.9. The maximum absolute atomic E-state index is 11.2. The molecule has 0 aliphatic rings. The Morgan fingerprint density at radius 1 is 1.15 bits per heavy atom. The third-order valence-electron chi connectivity index (χ3n) is 1.92. The van der Waals surface area contributed by atoms with Crippen molar-refractivity contribution in [2.45, 2.75) is 30.8 Å². The quantitative estimate of drug-likeness (QED) is 0.0773. The van der Waals surface area contributed by atoms with Crippen LogP contribution < -0.4 is 0 Å². The van der Waals surface area contributed by atoms with Crippen molar-refractivity contribution in [1.29, 1.82) is 0 Å². The van der Waals surface area contributed by atoms with Crippen molar-refractivity contribution in [2.75, 3.05) is 0 Å². The predicted octanol–water partition coefficient (Wildman–Crippen LogP) is -3.31. The molecule has 7 N–H and O–H groups in total. The van der Waals surface area contributed by atoms with E-state index < -0.39 is 44.4 Å². The van der Waals surface area contributed by atoms with Gasteiger partial charge in [0.25, 0.3) is 0 Å². The average molecular weight is 317 g/mol. The van der Waals surface area contributed by atoms with Crippen LogP contribution in [-0.4, -0.2) is 71.9 Å². The highest BCUT2D eigenvalue weighted by atomic mass is 31.2. The zero-order valence-electron chi connectivity index (χ0n) is 9.53. The molecule has 0 aromatic carbocycles. The molecule has 0 radical (unpaired) electrons. The minimum atomic E-state index is -5.24. The molecule has 20 heavy (non-hydrogen) atoms. The van der Waals surface area contributed by atoms with E-state index in [1.54, 1.807) is 0 Å². The SMILES string of the molecule is [N-]=[N+]=NC(O)[C@@H](O)[C@H](O)[C@H](O)C(=O)C(O)OP(=O)(O)O. The highest BCUT2D eigenvalue weighted by Gasteiger charge is 2.38. The monoisotopic (exact) mass is 317 g/mol. The summed E-state index contributed by atoms with van der Waals surface area (Å²) in [5, 5.41) is 48.2. The Morgan fingerprint density at radius 3 is 2.05 bits per heavy atom. The molecular weight excluding hydrogens is 305 g/mol. The van der Waals surface area contributed by atoms with Gasteiger partial charge < -0.3 is 35.3 Å². The van der Waals surface area contributed by atoms with Crippen LogP contribution in [-0.2, 0) is 13.9 Å². The summed E-state index contributed by atoms with van der Waals surface area (Å²) in [5.41, 5.74) is 7.96. The molecule has 0 spiro atoms. The number of aliphatic hydroxyl groups is 5. The van der Waals surface area contributed by atoms with Crippen LogP contribution in [0.3, 0.4) is 0 Å². The molecule has 0 amide bonds. The molecular formula is C6H12N3O10P. The van der Waals surface area contributed by atoms with Crippen molar-refractivity contribution in [3.8, 4) is 0 Å². The predicted molar refractivity (Wildman–Crippen MR) is 57.3 cm³/mol. The third-order valence-corrected chi connectivity index (χ3v) is 2.40. The lowest BCUT2D eigenvalue weighted by atomic mass is 10.0. The summed E-state index contributed by atoms with van der Waals surface area (Å²) in [7, 11) is -5.24.